The Hall–Kier alpha value is -1.13. The number of piperidine rings is 1. The summed E-state index contributed by atoms with van der Waals surface area (Å²) < 4.78 is 13.5. The van der Waals surface area contributed by atoms with E-state index in [1.165, 1.54) is 31.0 Å². The number of likely N-dealkylation sites (N-methyl/N-ethyl adjacent to an activating group) is 1. The number of nitrogens with zero attached hydrogens (tertiary/aromatic N) is 1. The molecule has 0 aliphatic carbocycles. The third-order valence-electron chi connectivity index (χ3n) is 3.59. The summed E-state index contributed by atoms with van der Waals surface area (Å²) in [6, 6.07) is 4.34. The van der Waals surface area contributed by atoms with E-state index in [9.17, 15) is 9.18 Å². The first-order valence-corrected chi connectivity index (χ1v) is 6.89. The average molecular weight is 285 g/mol. The first kappa shape index (κ1) is 14.3. The Bertz CT molecular complexity index is 467. The fourth-order valence-electron chi connectivity index (χ4n) is 2.38. The number of hydrogen-bond acceptors (Lipinski definition) is 2. The number of hydrogen-bond donors (Lipinski definition) is 1. The number of carbonyl (C=O) groups is 1. The Kier molecular flexibility index (Phi) is 4.77. The average Bonchev–Trinajstić information content (AvgIpc) is 2.40. The van der Waals surface area contributed by atoms with Crippen molar-refractivity contribution in [2.24, 2.45) is 0 Å². The summed E-state index contributed by atoms with van der Waals surface area (Å²) in [6.45, 7) is 1.59. The Labute approximate surface area is 117 Å². The van der Waals surface area contributed by atoms with Crippen molar-refractivity contribution in [1.82, 2.24) is 10.2 Å². The summed E-state index contributed by atoms with van der Waals surface area (Å²) in [6.07, 6.45) is 3.44. The standard InChI is InChI=1S/C14H18ClFN2O/c1-18-7-3-2-4-11(18)9-17-14(19)12-8-10(15)5-6-13(12)16/h5-6,8,11H,2-4,7,9H2,1H3,(H,17,19). The van der Waals surface area contributed by atoms with E-state index in [4.69, 9.17) is 11.6 Å². The molecular formula is C14H18ClFN2O. The minimum Gasteiger partial charge on any atom is -0.350 e. The molecule has 19 heavy (non-hydrogen) atoms. The van der Waals surface area contributed by atoms with Crippen molar-refractivity contribution >= 4 is 17.5 Å². The van der Waals surface area contributed by atoms with Crippen LogP contribution >= 0.6 is 11.6 Å². The molecule has 1 aromatic carbocycles. The maximum Gasteiger partial charge on any atom is 0.254 e. The quantitative estimate of drug-likeness (QED) is 0.926. The molecule has 1 aliphatic rings. The molecule has 0 saturated carbocycles. The number of likely N-dealkylation sites (tertiary alicyclic amines) is 1. The van der Waals surface area contributed by atoms with Crippen LogP contribution < -0.4 is 5.32 Å². The van der Waals surface area contributed by atoms with Gasteiger partial charge in [-0.05, 0) is 44.6 Å². The second kappa shape index (κ2) is 6.35. The Morgan fingerprint density at radius 2 is 2.32 bits per heavy atom. The number of carbonyl (C=O) groups excluding carboxylic acids is 1. The van der Waals surface area contributed by atoms with Gasteiger partial charge in [0.1, 0.15) is 5.82 Å². The van der Waals surface area contributed by atoms with Crippen LogP contribution in [0.25, 0.3) is 0 Å². The lowest BCUT2D eigenvalue weighted by molar-refractivity contribution is 0.0924. The van der Waals surface area contributed by atoms with Crippen LogP contribution in [0.4, 0.5) is 4.39 Å². The van der Waals surface area contributed by atoms with Crippen LogP contribution in [-0.4, -0.2) is 37.0 Å². The number of rotatable bonds is 3. The normalized spacial score (nSPS) is 20.3. The number of benzene rings is 1. The van der Waals surface area contributed by atoms with Crippen LogP contribution in [0, 0.1) is 5.82 Å². The van der Waals surface area contributed by atoms with Gasteiger partial charge >= 0.3 is 0 Å². The van der Waals surface area contributed by atoms with E-state index in [-0.39, 0.29) is 5.56 Å². The molecule has 1 aliphatic heterocycles. The highest BCUT2D eigenvalue weighted by molar-refractivity contribution is 6.30. The zero-order valence-electron chi connectivity index (χ0n) is 11.0. The smallest absolute Gasteiger partial charge is 0.254 e. The molecule has 0 bridgehead atoms. The number of amides is 1. The van der Waals surface area contributed by atoms with Crippen molar-refractivity contribution < 1.29 is 9.18 Å². The molecule has 104 valence electrons. The third-order valence-corrected chi connectivity index (χ3v) is 3.83. The van der Waals surface area contributed by atoms with Crippen LogP contribution in [0.2, 0.25) is 5.02 Å². The molecule has 3 nitrogen and oxygen atoms in total. The summed E-state index contributed by atoms with van der Waals surface area (Å²) in [7, 11) is 2.05. The molecule has 5 heteroatoms. The first-order chi connectivity index (χ1) is 9.08. The fourth-order valence-corrected chi connectivity index (χ4v) is 2.55. The van der Waals surface area contributed by atoms with Crippen molar-refractivity contribution in [3.8, 4) is 0 Å². The van der Waals surface area contributed by atoms with Gasteiger partial charge in [-0.3, -0.25) is 4.79 Å². The highest BCUT2D eigenvalue weighted by atomic mass is 35.5. The van der Waals surface area contributed by atoms with Gasteiger partial charge in [0.25, 0.3) is 5.91 Å². The second-order valence-corrected chi connectivity index (χ2v) is 5.40. The van der Waals surface area contributed by atoms with Crippen molar-refractivity contribution in [1.29, 1.82) is 0 Å². The Balaban J connectivity index is 1.95. The molecule has 1 amide bonds. The lowest BCUT2D eigenvalue weighted by Gasteiger charge is -2.32. The minimum atomic E-state index is -0.543. The molecule has 2 rings (SSSR count). The van der Waals surface area contributed by atoms with Crippen LogP contribution in [0.5, 0.6) is 0 Å². The van der Waals surface area contributed by atoms with E-state index >= 15 is 0 Å². The van der Waals surface area contributed by atoms with Gasteiger partial charge in [0.2, 0.25) is 0 Å². The predicted molar refractivity (Wildman–Crippen MR) is 74.0 cm³/mol. The lowest BCUT2D eigenvalue weighted by atomic mass is 10.0. The van der Waals surface area contributed by atoms with Crippen molar-refractivity contribution in [2.45, 2.75) is 25.3 Å². The van der Waals surface area contributed by atoms with Gasteiger partial charge in [0, 0.05) is 17.6 Å². The van der Waals surface area contributed by atoms with Crippen molar-refractivity contribution in [3.05, 3.63) is 34.6 Å². The van der Waals surface area contributed by atoms with E-state index in [0.717, 1.165) is 13.0 Å². The van der Waals surface area contributed by atoms with E-state index < -0.39 is 11.7 Å². The van der Waals surface area contributed by atoms with Gasteiger partial charge in [-0.15, -0.1) is 0 Å². The van der Waals surface area contributed by atoms with Crippen LogP contribution in [0.15, 0.2) is 18.2 Å². The maximum absolute atomic E-state index is 13.5. The largest absolute Gasteiger partial charge is 0.350 e. The van der Waals surface area contributed by atoms with Gasteiger partial charge in [0.15, 0.2) is 0 Å². The zero-order chi connectivity index (χ0) is 13.8. The van der Waals surface area contributed by atoms with Crippen LogP contribution in [0.1, 0.15) is 29.6 Å². The van der Waals surface area contributed by atoms with Gasteiger partial charge in [-0.2, -0.15) is 0 Å². The summed E-state index contributed by atoms with van der Waals surface area (Å²) in [4.78, 5) is 14.2. The Morgan fingerprint density at radius 1 is 1.53 bits per heavy atom. The van der Waals surface area contributed by atoms with Gasteiger partial charge in [0.05, 0.1) is 5.56 Å². The summed E-state index contributed by atoms with van der Waals surface area (Å²) in [5, 5.41) is 3.15. The zero-order valence-corrected chi connectivity index (χ0v) is 11.7. The molecular weight excluding hydrogens is 267 g/mol. The molecule has 0 aromatic heterocycles. The highest BCUT2D eigenvalue weighted by Gasteiger charge is 2.20. The van der Waals surface area contributed by atoms with Gasteiger partial charge < -0.3 is 10.2 Å². The van der Waals surface area contributed by atoms with Crippen molar-refractivity contribution in [3.63, 3.8) is 0 Å². The predicted octanol–water partition coefficient (Wildman–Crippen LogP) is 2.69. The molecule has 1 aromatic rings. The van der Waals surface area contributed by atoms with Crippen LogP contribution in [0.3, 0.4) is 0 Å². The lowest BCUT2D eigenvalue weighted by Crippen LogP contribution is -2.44. The SMILES string of the molecule is CN1CCCCC1CNC(=O)c1cc(Cl)ccc1F. The molecule has 0 spiro atoms. The highest BCUT2D eigenvalue weighted by Crippen LogP contribution is 2.16. The third kappa shape index (κ3) is 3.67. The van der Waals surface area contributed by atoms with Gasteiger partial charge in [-0.25, -0.2) is 4.39 Å². The topological polar surface area (TPSA) is 32.3 Å². The molecule has 0 radical (unpaired) electrons. The summed E-state index contributed by atoms with van der Waals surface area (Å²) >= 11 is 5.78. The number of halogens is 2. The van der Waals surface area contributed by atoms with Crippen LogP contribution in [-0.2, 0) is 0 Å². The summed E-state index contributed by atoms with van der Waals surface area (Å²) in [5.41, 5.74) is 0.00552. The molecule has 1 fully saturated rings. The number of nitrogens with one attached hydrogen (secondary N) is 1. The van der Waals surface area contributed by atoms with Gasteiger partial charge in [-0.1, -0.05) is 18.0 Å². The van der Waals surface area contributed by atoms with E-state index in [2.05, 4.69) is 17.3 Å². The summed E-state index contributed by atoms with van der Waals surface area (Å²) in [5.74, 6) is -0.946. The van der Waals surface area contributed by atoms with E-state index in [1.807, 2.05) is 0 Å². The minimum absolute atomic E-state index is 0.00552. The second-order valence-electron chi connectivity index (χ2n) is 4.96. The molecule has 1 saturated heterocycles. The fraction of sp³-hybridized carbons (Fsp3) is 0.500. The monoisotopic (exact) mass is 284 g/mol. The van der Waals surface area contributed by atoms with E-state index in [1.54, 1.807) is 0 Å². The molecule has 1 N–H and O–H groups in total. The molecule has 1 atom stereocenters. The maximum atomic E-state index is 13.5. The first-order valence-electron chi connectivity index (χ1n) is 6.51. The molecule has 1 heterocycles. The Morgan fingerprint density at radius 3 is 3.05 bits per heavy atom. The van der Waals surface area contributed by atoms with E-state index in [0.29, 0.717) is 17.6 Å². The van der Waals surface area contributed by atoms with Crippen molar-refractivity contribution in [2.75, 3.05) is 20.1 Å². The molecule has 1 unspecified atom stereocenters.